The molecule has 4 rings (SSSR count). The van der Waals surface area contributed by atoms with Crippen molar-refractivity contribution in [1.82, 2.24) is 14.8 Å². The second kappa shape index (κ2) is 8.53. The largest absolute Gasteiger partial charge is 0.444 e. The van der Waals surface area contributed by atoms with Crippen LogP contribution in [0, 0.1) is 5.92 Å². The van der Waals surface area contributed by atoms with Gasteiger partial charge in [-0.2, -0.15) is 0 Å². The fraction of sp³-hybridized carbons (Fsp3) is 0.609. The Morgan fingerprint density at radius 2 is 1.80 bits per heavy atom. The van der Waals surface area contributed by atoms with Crippen molar-refractivity contribution >= 4 is 33.6 Å². The van der Waals surface area contributed by atoms with E-state index in [0.29, 0.717) is 31.8 Å². The summed E-state index contributed by atoms with van der Waals surface area (Å²) in [6.45, 7) is 8.37. The lowest BCUT2D eigenvalue weighted by Gasteiger charge is -2.37. The second-order valence-corrected chi connectivity index (χ2v) is 10.4. The number of rotatable bonds is 2. The number of hydrogen-bond acceptors (Lipinski definition) is 5. The molecule has 0 N–H and O–H groups in total. The summed E-state index contributed by atoms with van der Waals surface area (Å²) in [5, 5.41) is 1.15. The summed E-state index contributed by atoms with van der Waals surface area (Å²) in [6.07, 6.45) is 3.24. The smallest absolute Gasteiger partial charge is 0.410 e. The average molecular weight is 430 g/mol. The minimum Gasteiger partial charge on any atom is -0.444 e. The highest BCUT2D eigenvalue weighted by molar-refractivity contribution is 7.18. The number of amides is 2. The Bertz CT molecular complexity index is 879. The standard InChI is InChI=1S/C23H31N3O3S/c1-23(2,3)29-22(28)25-13-10-16(11-14-25)21(27)26-12-6-7-17(15-26)20-24-18-8-4-5-9-19(18)30-20/h4-5,8-9,16-17H,6-7,10-15H2,1-3H3/t17-/m0/s1. The maximum atomic E-state index is 13.2. The summed E-state index contributed by atoms with van der Waals surface area (Å²) in [6, 6.07) is 8.23. The van der Waals surface area contributed by atoms with Crippen molar-refractivity contribution in [3.63, 3.8) is 0 Å². The molecule has 0 unspecified atom stereocenters. The van der Waals surface area contributed by atoms with Crippen molar-refractivity contribution < 1.29 is 14.3 Å². The number of benzene rings is 1. The van der Waals surface area contributed by atoms with Gasteiger partial charge in [0.15, 0.2) is 0 Å². The molecular formula is C23H31N3O3S. The first kappa shape index (κ1) is 21.1. The van der Waals surface area contributed by atoms with Crippen LogP contribution >= 0.6 is 11.3 Å². The second-order valence-electron chi connectivity index (χ2n) is 9.38. The summed E-state index contributed by atoms with van der Waals surface area (Å²) < 4.78 is 6.68. The third kappa shape index (κ3) is 4.77. The van der Waals surface area contributed by atoms with Crippen LogP contribution in [0.25, 0.3) is 10.2 Å². The van der Waals surface area contributed by atoms with E-state index in [-0.39, 0.29) is 17.9 Å². The van der Waals surface area contributed by atoms with Gasteiger partial charge in [0.05, 0.1) is 15.2 Å². The van der Waals surface area contributed by atoms with E-state index in [1.165, 1.54) is 4.70 Å². The molecule has 2 saturated heterocycles. The van der Waals surface area contributed by atoms with Crippen LogP contribution in [0.15, 0.2) is 24.3 Å². The first-order chi connectivity index (χ1) is 14.3. The van der Waals surface area contributed by atoms with E-state index in [4.69, 9.17) is 9.72 Å². The molecule has 2 amide bonds. The number of hydrogen-bond donors (Lipinski definition) is 0. The number of aromatic nitrogens is 1. The van der Waals surface area contributed by atoms with Gasteiger partial charge in [0.2, 0.25) is 5.91 Å². The van der Waals surface area contributed by atoms with Gasteiger partial charge < -0.3 is 14.5 Å². The Morgan fingerprint density at radius 1 is 1.07 bits per heavy atom. The SMILES string of the molecule is CC(C)(C)OC(=O)N1CCC(C(=O)N2CCC[C@H](c3nc4ccccc4s3)C2)CC1. The van der Waals surface area contributed by atoms with Gasteiger partial charge in [-0.1, -0.05) is 12.1 Å². The van der Waals surface area contributed by atoms with Gasteiger partial charge in [0.1, 0.15) is 5.60 Å². The number of thiazole rings is 1. The highest BCUT2D eigenvalue weighted by Gasteiger charge is 2.34. The molecule has 2 aliphatic heterocycles. The number of carbonyl (C=O) groups is 2. The fourth-order valence-electron chi connectivity index (χ4n) is 4.34. The molecule has 162 valence electrons. The molecule has 2 aromatic rings. The molecule has 0 bridgehead atoms. The molecule has 0 saturated carbocycles. The number of likely N-dealkylation sites (tertiary alicyclic amines) is 2. The first-order valence-corrected chi connectivity index (χ1v) is 11.7. The molecule has 30 heavy (non-hydrogen) atoms. The number of fused-ring (bicyclic) bond motifs is 1. The molecule has 2 fully saturated rings. The number of carbonyl (C=O) groups excluding carboxylic acids is 2. The molecule has 1 aromatic heterocycles. The maximum absolute atomic E-state index is 13.2. The van der Waals surface area contributed by atoms with Crippen molar-refractivity contribution in [3.05, 3.63) is 29.3 Å². The predicted octanol–water partition coefficient (Wildman–Crippen LogP) is 4.65. The Hall–Kier alpha value is -2.15. The van der Waals surface area contributed by atoms with Crippen LogP contribution in [0.2, 0.25) is 0 Å². The van der Waals surface area contributed by atoms with Gasteiger partial charge in [0, 0.05) is 38.0 Å². The van der Waals surface area contributed by atoms with Crippen molar-refractivity contribution in [1.29, 1.82) is 0 Å². The molecule has 0 spiro atoms. The summed E-state index contributed by atoms with van der Waals surface area (Å²) in [7, 11) is 0. The maximum Gasteiger partial charge on any atom is 0.410 e. The van der Waals surface area contributed by atoms with Gasteiger partial charge >= 0.3 is 6.09 Å². The number of piperidine rings is 2. The summed E-state index contributed by atoms with van der Waals surface area (Å²) >= 11 is 1.75. The lowest BCUT2D eigenvalue weighted by molar-refractivity contribution is -0.138. The molecular weight excluding hydrogens is 398 g/mol. The number of ether oxygens (including phenoxy) is 1. The average Bonchev–Trinajstić information content (AvgIpc) is 3.16. The van der Waals surface area contributed by atoms with E-state index in [1.54, 1.807) is 16.2 Å². The van der Waals surface area contributed by atoms with E-state index in [1.807, 2.05) is 37.8 Å². The van der Waals surface area contributed by atoms with Gasteiger partial charge in [-0.25, -0.2) is 9.78 Å². The van der Waals surface area contributed by atoms with E-state index in [9.17, 15) is 9.59 Å². The predicted molar refractivity (Wildman–Crippen MR) is 119 cm³/mol. The third-order valence-corrected chi connectivity index (χ3v) is 7.09. The van der Waals surface area contributed by atoms with Crippen LogP contribution in [0.5, 0.6) is 0 Å². The molecule has 3 heterocycles. The normalized spacial score (nSPS) is 21.1. The van der Waals surface area contributed by atoms with E-state index in [2.05, 4.69) is 12.1 Å². The Balaban J connectivity index is 1.34. The summed E-state index contributed by atoms with van der Waals surface area (Å²) in [5.41, 5.74) is 0.558. The molecule has 0 radical (unpaired) electrons. The lowest BCUT2D eigenvalue weighted by atomic mass is 9.92. The molecule has 0 aliphatic carbocycles. The molecule has 6 nitrogen and oxygen atoms in total. The third-order valence-electron chi connectivity index (χ3n) is 5.89. The lowest BCUT2D eigenvalue weighted by Crippen LogP contribution is -2.47. The molecule has 7 heteroatoms. The van der Waals surface area contributed by atoms with E-state index >= 15 is 0 Å². The van der Waals surface area contributed by atoms with E-state index in [0.717, 1.165) is 36.5 Å². The summed E-state index contributed by atoms with van der Waals surface area (Å²) in [4.78, 5) is 34.0. The zero-order valence-electron chi connectivity index (χ0n) is 18.1. The minimum absolute atomic E-state index is 0.00203. The molecule has 1 atom stereocenters. The van der Waals surface area contributed by atoms with Crippen LogP contribution in [-0.2, 0) is 9.53 Å². The monoisotopic (exact) mass is 429 g/mol. The van der Waals surface area contributed by atoms with Crippen molar-refractivity contribution in [2.45, 2.75) is 58.0 Å². The number of nitrogens with zero attached hydrogens (tertiary/aromatic N) is 3. The van der Waals surface area contributed by atoms with Crippen LogP contribution in [0.1, 0.15) is 57.4 Å². The van der Waals surface area contributed by atoms with Crippen molar-refractivity contribution in [3.8, 4) is 0 Å². The van der Waals surface area contributed by atoms with Crippen LogP contribution < -0.4 is 0 Å². The Labute approximate surface area is 182 Å². The van der Waals surface area contributed by atoms with Crippen molar-refractivity contribution in [2.24, 2.45) is 5.92 Å². The van der Waals surface area contributed by atoms with Crippen LogP contribution in [0.4, 0.5) is 4.79 Å². The topological polar surface area (TPSA) is 62.7 Å². The zero-order valence-corrected chi connectivity index (χ0v) is 18.9. The fourth-order valence-corrected chi connectivity index (χ4v) is 5.43. The first-order valence-electron chi connectivity index (χ1n) is 10.9. The molecule has 1 aromatic carbocycles. The Kier molecular flexibility index (Phi) is 6.00. The van der Waals surface area contributed by atoms with Gasteiger partial charge in [-0.15, -0.1) is 11.3 Å². The zero-order chi connectivity index (χ0) is 21.3. The van der Waals surface area contributed by atoms with Crippen LogP contribution in [0.3, 0.4) is 0 Å². The van der Waals surface area contributed by atoms with Gasteiger partial charge in [0.25, 0.3) is 0 Å². The minimum atomic E-state index is -0.493. The number of para-hydroxylation sites is 1. The Morgan fingerprint density at radius 3 is 2.50 bits per heavy atom. The molecule has 2 aliphatic rings. The highest BCUT2D eigenvalue weighted by Crippen LogP contribution is 2.34. The quantitative estimate of drug-likeness (QED) is 0.697. The van der Waals surface area contributed by atoms with Gasteiger partial charge in [-0.05, 0) is 58.6 Å². The highest BCUT2D eigenvalue weighted by atomic mass is 32.1. The summed E-state index contributed by atoms with van der Waals surface area (Å²) in [5.74, 6) is 0.560. The van der Waals surface area contributed by atoms with Gasteiger partial charge in [-0.3, -0.25) is 4.79 Å². The van der Waals surface area contributed by atoms with Crippen molar-refractivity contribution in [2.75, 3.05) is 26.2 Å². The van der Waals surface area contributed by atoms with E-state index < -0.39 is 5.60 Å². The van der Waals surface area contributed by atoms with Crippen LogP contribution in [-0.4, -0.2) is 58.6 Å².